The fourth-order valence-corrected chi connectivity index (χ4v) is 2.45. The molecule has 6 N–H and O–H groups in total. The van der Waals surface area contributed by atoms with Crippen molar-refractivity contribution in [3.63, 3.8) is 0 Å². The van der Waals surface area contributed by atoms with Crippen LogP contribution in [0.1, 0.15) is 13.8 Å². The molecule has 9 heteroatoms. The first kappa shape index (κ1) is 17.0. The van der Waals surface area contributed by atoms with E-state index in [2.05, 4.69) is 0 Å². The lowest BCUT2D eigenvalue weighted by Gasteiger charge is -2.44. The highest BCUT2D eigenvalue weighted by atomic mass is 16.7. The molecule has 2 fully saturated rings. The SMILES string of the molecule is CC1O[C@H](OC2[C@@H](O)[C@H](O)C(C)O[C@@H]2O)C(O)[C@@H](O)[C@@H]1O. The van der Waals surface area contributed by atoms with Crippen molar-refractivity contribution in [2.75, 3.05) is 0 Å². The van der Waals surface area contributed by atoms with Gasteiger partial charge in [0.15, 0.2) is 12.6 Å². The predicted molar refractivity (Wildman–Crippen MR) is 65.8 cm³/mol. The van der Waals surface area contributed by atoms with Crippen LogP contribution >= 0.6 is 0 Å². The second kappa shape index (κ2) is 6.41. The molecule has 2 rings (SSSR count). The van der Waals surface area contributed by atoms with Gasteiger partial charge in [0.1, 0.15) is 36.6 Å². The summed E-state index contributed by atoms with van der Waals surface area (Å²) in [5.41, 5.74) is 0. The molecule has 2 aliphatic rings. The topological polar surface area (TPSA) is 149 Å². The van der Waals surface area contributed by atoms with E-state index in [9.17, 15) is 30.6 Å². The molecule has 21 heavy (non-hydrogen) atoms. The van der Waals surface area contributed by atoms with Gasteiger partial charge in [-0.25, -0.2) is 0 Å². The van der Waals surface area contributed by atoms with E-state index in [-0.39, 0.29) is 0 Å². The molecule has 0 aliphatic carbocycles. The predicted octanol–water partition coefficient (Wildman–Crippen LogP) is -3.34. The van der Waals surface area contributed by atoms with Gasteiger partial charge in [-0.3, -0.25) is 0 Å². The van der Waals surface area contributed by atoms with Crippen molar-refractivity contribution in [1.29, 1.82) is 0 Å². The quantitative estimate of drug-likeness (QED) is 0.308. The minimum atomic E-state index is -1.58. The average Bonchev–Trinajstić information content (AvgIpc) is 2.44. The van der Waals surface area contributed by atoms with Gasteiger partial charge in [-0.1, -0.05) is 0 Å². The molecule has 4 unspecified atom stereocenters. The third-order valence-corrected chi connectivity index (χ3v) is 3.90. The number of hydrogen-bond donors (Lipinski definition) is 6. The molecule has 2 saturated heterocycles. The highest BCUT2D eigenvalue weighted by Gasteiger charge is 2.48. The number of aliphatic hydroxyl groups is 6. The summed E-state index contributed by atoms with van der Waals surface area (Å²) in [5, 5.41) is 58.5. The molecular weight excluding hydrogens is 288 g/mol. The van der Waals surface area contributed by atoms with Crippen molar-refractivity contribution in [2.45, 2.75) is 75.3 Å². The standard InChI is InChI=1S/C12H22O9/c1-3-6(14)8(16)10(11(18)19-3)21-12-9(17)7(15)5(13)4(2)20-12/h3-18H,1-2H3/t3?,4?,5-,6-,7+,8+,9?,10?,11+,12-/m1/s1. The first-order valence-corrected chi connectivity index (χ1v) is 6.78. The Morgan fingerprint density at radius 1 is 0.667 bits per heavy atom. The van der Waals surface area contributed by atoms with Gasteiger partial charge >= 0.3 is 0 Å². The van der Waals surface area contributed by atoms with E-state index in [0.29, 0.717) is 0 Å². The zero-order valence-electron chi connectivity index (χ0n) is 11.7. The van der Waals surface area contributed by atoms with Crippen molar-refractivity contribution in [3.05, 3.63) is 0 Å². The first-order valence-electron chi connectivity index (χ1n) is 6.78. The normalized spacial score (nSPS) is 55.4. The Morgan fingerprint density at radius 3 is 1.81 bits per heavy atom. The Kier molecular flexibility index (Phi) is 5.19. The van der Waals surface area contributed by atoms with Crippen LogP contribution in [-0.2, 0) is 14.2 Å². The molecule has 10 atom stereocenters. The van der Waals surface area contributed by atoms with Crippen LogP contribution in [0.2, 0.25) is 0 Å². The first-order chi connectivity index (χ1) is 9.73. The summed E-state index contributed by atoms with van der Waals surface area (Å²) in [5.74, 6) is 0. The van der Waals surface area contributed by atoms with Crippen molar-refractivity contribution >= 4 is 0 Å². The lowest BCUT2D eigenvalue weighted by Crippen LogP contribution is -2.62. The highest BCUT2D eigenvalue weighted by Crippen LogP contribution is 2.28. The zero-order chi connectivity index (χ0) is 15.9. The Labute approximate surface area is 121 Å². The maximum atomic E-state index is 9.91. The lowest BCUT2D eigenvalue weighted by atomic mass is 9.98. The largest absolute Gasteiger partial charge is 0.388 e. The average molecular weight is 310 g/mol. The molecule has 0 saturated carbocycles. The molecule has 0 aromatic heterocycles. The molecule has 2 aliphatic heterocycles. The Hall–Kier alpha value is -0.360. The summed E-state index contributed by atoms with van der Waals surface area (Å²) in [6.07, 6.45) is -13.0. The van der Waals surface area contributed by atoms with Crippen LogP contribution in [-0.4, -0.2) is 92.1 Å². The van der Waals surface area contributed by atoms with Crippen LogP contribution in [0.4, 0.5) is 0 Å². The molecule has 0 amide bonds. The van der Waals surface area contributed by atoms with E-state index < -0.39 is 61.4 Å². The fraction of sp³-hybridized carbons (Fsp3) is 1.00. The minimum Gasteiger partial charge on any atom is -0.388 e. The van der Waals surface area contributed by atoms with Gasteiger partial charge in [-0.05, 0) is 13.8 Å². The molecule has 0 radical (unpaired) electrons. The van der Waals surface area contributed by atoms with Crippen molar-refractivity contribution in [2.24, 2.45) is 0 Å². The van der Waals surface area contributed by atoms with Gasteiger partial charge in [0.05, 0.1) is 12.2 Å². The van der Waals surface area contributed by atoms with E-state index in [1.54, 1.807) is 0 Å². The Balaban J connectivity index is 2.06. The Morgan fingerprint density at radius 2 is 1.19 bits per heavy atom. The van der Waals surface area contributed by atoms with Crippen LogP contribution in [0.3, 0.4) is 0 Å². The third kappa shape index (κ3) is 3.21. The fourth-order valence-electron chi connectivity index (χ4n) is 2.45. The van der Waals surface area contributed by atoms with Crippen molar-refractivity contribution in [1.82, 2.24) is 0 Å². The summed E-state index contributed by atoms with van der Waals surface area (Å²) in [6.45, 7) is 2.94. The minimum absolute atomic E-state index is 0.793. The summed E-state index contributed by atoms with van der Waals surface area (Å²) < 4.78 is 15.5. The number of ether oxygens (including phenoxy) is 3. The van der Waals surface area contributed by atoms with Gasteiger partial charge < -0.3 is 44.8 Å². The van der Waals surface area contributed by atoms with E-state index in [0.717, 1.165) is 0 Å². The highest BCUT2D eigenvalue weighted by molar-refractivity contribution is 4.91. The number of aliphatic hydroxyl groups excluding tert-OH is 6. The van der Waals surface area contributed by atoms with Gasteiger partial charge in [0.2, 0.25) is 0 Å². The summed E-state index contributed by atoms with van der Waals surface area (Å²) in [6, 6.07) is 0. The zero-order valence-corrected chi connectivity index (χ0v) is 11.7. The van der Waals surface area contributed by atoms with Crippen LogP contribution in [0.25, 0.3) is 0 Å². The maximum Gasteiger partial charge on any atom is 0.187 e. The van der Waals surface area contributed by atoms with Gasteiger partial charge in [-0.15, -0.1) is 0 Å². The Bertz CT molecular complexity index is 354. The van der Waals surface area contributed by atoms with Crippen LogP contribution in [0.5, 0.6) is 0 Å². The van der Waals surface area contributed by atoms with Crippen molar-refractivity contribution in [3.8, 4) is 0 Å². The van der Waals surface area contributed by atoms with Gasteiger partial charge in [0, 0.05) is 0 Å². The summed E-state index contributed by atoms with van der Waals surface area (Å²) in [4.78, 5) is 0. The smallest absolute Gasteiger partial charge is 0.187 e. The van der Waals surface area contributed by atoms with Crippen LogP contribution in [0, 0.1) is 0 Å². The number of hydrogen-bond acceptors (Lipinski definition) is 9. The summed E-state index contributed by atoms with van der Waals surface area (Å²) in [7, 11) is 0. The van der Waals surface area contributed by atoms with Crippen molar-refractivity contribution < 1.29 is 44.8 Å². The van der Waals surface area contributed by atoms with E-state index >= 15 is 0 Å². The second-order valence-electron chi connectivity index (χ2n) is 5.50. The monoisotopic (exact) mass is 310 g/mol. The van der Waals surface area contributed by atoms with E-state index in [4.69, 9.17) is 14.2 Å². The van der Waals surface area contributed by atoms with Crippen LogP contribution in [0.15, 0.2) is 0 Å². The molecule has 124 valence electrons. The molecular formula is C12H22O9. The number of rotatable bonds is 2. The third-order valence-electron chi connectivity index (χ3n) is 3.90. The second-order valence-corrected chi connectivity index (χ2v) is 5.50. The van der Waals surface area contributed by atoms with E-state index in [1.807, 2.05) is 0 Å². The molecule has 0 bridgehead atoms. The molecule has 0 aromatic carbocycles. The molecule has 2 heterocycles. The van der Waals surface area contributed by atoms with Gasteiger partial charge in [-0.2, -0.15) is 0 Å². The summed E-state index contributed by atoms with van der Waals surface area (Å²) >= 11 is 0. The molecule has 0 spiro atoms. The van der Waals surface area contributed by atoms with E-state index in [1.165, 1.54) is 13.8 Å². The molecule has 9 nitrogen and oxygen atoms in total. The molecule has 0 aromatic rings. The van der Waals surface area contributed by atoms with Crippen LogP contribution < -0.4 is 0 Å². The lowest BCUT2D eigenvalue weighted by molar-refractivity contribution is -0.356. The maximum absolute atomic E-state index is 9.91. The van der Waals surface area contributed by atoms with Gasteiger partial charge in [0.25, 0.3) is 0 Å².